The van der Waals surface area contributed by atoms with E-state index < -0.39 is 5.60 Å². The average Bonchev–Trinajstić information content (AvgIpc) is 2.62. The van der Waals surface area contributed by atoms with Crippen LogP contribution in [0.25, 0.3) is 0 Å². The highest BCUT2D eigenvalue weighted by molar-refractivity contribution is 5.85. The maximum atomic E-state index is 12.6. The average molecular weight is 338 g/mol. The molecule has 0 bridgehead atoms. The van der Waals surface area contributed by atoms with Crippen LogP contribution in [0.5, 0.6) is 0 Å². The maximum absolute atomic E-state index is 12.6. The predicted molar refractivity (Wildman–Crippen MR) is 93.8 cm³/mol. The lowest BCUT2D eigenvalue weighted by Crippen LogP contribution is -2.54. The van der Waals surface area contributed by atoms with Crippen LogP contribution in [0, 0.1) is 5.41 Å². The van der Waals surface area contributed by atoms with Crippen LogP contribution in [0.3, 0.4) is 0 Å². The molecule has 138 valence electrons. The van der Waals surface area contributed by atoms with Gasteiger partial charge in [0.1, 0.15) is 5.60 Å². The lowest BCUT2D eigenvalue weighted by Gasteiger charge is -2.43. The minimum absolute atomic E-state index is 0.130. The molecule has 0 aromatic rings. The molecular weight excluding hydrogens is 304 g/mol. The third kappa shape index (κ3) is 4.50. The number of nitrogens with zero attached hydrogens (tertiary/aromatic N) is 1. The molecule has 3 rings (SSSR count). The monoisotopic (exact) mass is 338 g/mol. The third-order valence-electron chi connectivity index (χ3n) is 6.30. The van der Waals surface area contributed by atoms with Crippen molar-refractivity contribution in [1.82, 2.24) is 10.2 Å². The Kier molecular flexibility index (Phi) is 6.17. The number of morpholine rings is 1. The van der Waals surface area contributed by atoms with Crippen LogP contribution in [0.4, 0.5) is 0 Å². The highest BCUT2D eigenvalue weighted by atomic mass is 16.5. The van der Waals surface area contributed by atoms with Crippen LogP contribution >= 0.6 is 0 Å². The second-order valence-electron chi connectivity index (χ2n) is 8.22. The first-order valence-electron chi connectivity index (χ1n) is 9.93. The molecule has 3 aliphatic rings. The van der Waals surface area contributed by atoms with Gasteiger partial charge in [-0.25, -0.2) is 0 Å². The summed E-state index contributed by atoms with van der Waals surface area (Å²) in [5.41, 5.74) is -0.941. The van der Waals surface area contributed by atoms with Gasteiger partial charge >= 0.3 is 0 Å². The summed E-state index contributed by atoms with van der Waals surface area (Å²) in [5.74, 6) is -0.130. The summed E-state index contributed by atoms with van der Waals surface area (Å²) >= 11 is 0. The number of rotatable bonds is 5. The Hall–Kier alpha value is -0.650. The number of amides is 1. The summed E-state index contributed by atoms with van der Waals surface area (Å²) in [6.45, 7) is 5.41. The Morgan fingerprint density at radius 1 is 0.958 bits per heavy atom. The Morgan fingerprint density at radius 3 is 2.17 bits per heavy atom. The van der Waals surface area contributed by atoms with Gasteiger partial charge in [0, 0.05) is 31.6 Å². The fourth-order valence-electron chi connectivity index (χ4n) is 4.72. The summed E-state index contributed by atoms with van der Waals surface area (Å²) in [5, 5.41) is 13.8. The van der Waals surface area contributed by atoms with Crippen molar-refractivity contribution in [3.63, 3.8) is 0 Å². The molecule has 1 aliphatic heterocycles. The van der Waals surface area contributed by atoms with E-state index in [1.165, 1.54) is 32.1 Å². The van der Waals surface area contributed by atoms with Gasteiger partial charge in [-0.3, -0.25) is 9.69 Å². The van der Waals surface area contributed by atoms with Crippen molar-refractivity contribution in [3.05, 3.63) is 0 Å². The zero-order valence-electron chi connectivity index (χ0n) is 15.0. The third-order valence-corrected chi connectivity index (χ3v) is 6.30. The van der Waals surface area contributed by atoms with Gasteiger partial charge in [0.15, 0.2) is 0 Å². The van der Waals surface area contributed by atoms with Crippen molar-refractivity contribution in [3.8, 4) is 0 Å². The van der Waals surface area contributed by atoms with E-state index in [4.69, 9.17) is 4.74 Å². The first-order chi connectivity index (χ1) is 11.6. The van der Waals surface area contributed by atoms with Gasteiger partial charge < -0.3 is 15.2 Å². The first kappa shape index (κ1) is 18.2. The summed E-state index contributed by atoms with van der Waals surface area (Å²) in [6, 6.07) is 0. The first-order valence-corrected chi connectivity index (χ1v) is 9.93. The molecule has 2 saturated carbocycles. The molecule has 24 heavy (non-hydrogen) atoms. The smallest absolute Gasteiger partial charge is 0.251 e. The molecule has 5 heteroatoms. The van der Waals surface area contributed by atoms with E-state index in [0.717, 1.165) is 52.1 Å². The second-order valence-corrected chi connectivity index (χ2v) is 8.22. The summed E-state index contributed by atoms with van der Waals surface area (Å²) in [6.07, 6.45) is 10.5. The van der Waals surface area contributed by atoms with Crippen molar-refractivity contribution in [2.24, 2.45) is 5.41 Å². The van der Waals surface area contributed by atoms with Crippen LogP contribution in [0.15, 0.2) is 0 Å². The molecule has 3 fully saturated rings. The van der Waals surface area contributed by atoms with Crippen LogP contribution in [0.1, 0.15) is 64.2 Å². The summed E-state index contributed by atoms with van der Waals surface area (Å²) in [7, 11) is 0. The number of nitrogens with one attached hydrogen (secondary N) is 1. The minimum atomic E-state index is -1.12. The van der Waals surface area contributed by atoms with Crippen molar-refractivity contribution in [1.29, 1.82) is 0 Å². The molecule has 0 radical (unpaired) electrons. The molecule has 0 aromatic carbocycles. The zero-order chi connectivity index (χ0) is 16.9. The quantitative estimate of drug-likeness (QED) is 0.806. The van der Waals surface area contributed by atoms with E-state index in [0.29, 0.717) is 19.4 Å². The molecule has 0 atom stereocenters. The van der Waals surface area contributed by atoms with E-state index in [-0.39, 0.29) is 11.3 Å². The van der Waals surface area contributed by atoms with Crippen molar-refractivity contribution < 1.29 is 14.6 Å². The van der Waals surface area contributed by atoms with Gasteiger partial charge in [-0.2, -0.15) is 0 Å². The van der Waals surface area contributed by atoms with Crippen LogP contribution in [0.2, 0.25) is 0 Å². The second kappa shape index (κ2) is 8.15. The predicted octanol–water partition coefficient (Wildman–Crippen LogP) is 2.08. The molecule has 5 nitrogen and oxygen atoms in total. The molecule has 1 saturated heterocycles. The van der Waals surface area contributed by atoms with Crippen LogP contribution in [-0.4, -0.2) is 60.9 Å². The lowest BCUT2D eigenvalue weighted by molar-refractivity contribution is -0.143. The normalized spacial score (nSPS) is 27.5. The van der Waals surface area contributed by atoms with Gasteiger partial charge in [0.25, 0.3) is 5.91 Å². The lowest BCUT2D eigenvalue weighted by atomic mass is 9.73. The number of ether oxygens (including phenoxy) is 1. The Bertz CT molecular complexity index is 409. The van der Waals surface area contributed by atoms with Gasteiger partial charge in [-0.05, 0) is 25.7 Å². The van der Waals surface area contributed by atoms with E-state index in [2.05, 4.69) is 10.2 Å². The topological polar surface area (TPSA) is 61.8 Å². The Labute approximate surface area is 146 Å². The SMILES string of the molecule is O=C(NCC1(CN2CCOCC2)CCCCC1)C1(O)CCCCC1. The largest absolute Gasteiger partial charge is 0.380 e. The van der Waals surface area contributed by atoms with E-state index in [1.54, 1.807) is 0 Å². The molecule has 2 aliphatic carbocycles. The fourth-order valence-corrected chi connectivity index (χ4v) is 4.72. The number of aliphatic hydroxyl groups is 1. The molecule has 2 N–H and O–H groups in total. The molecule has 1 amide bonds. The highest BCUT2D eigenvalue weighted by Crippen LogP contribution is 2.37. The van der Waals surface area contributed by atoms with Gasteiger partial charge in [0.05, 0.1) is 13.2 Å². The minimum Gasteiger partial charge on any atom is -0.380 e. The van der Waals surface area contributed by atoms with E-state index in [1.807, 2.05) is 0 Å². The summed E-state index contributed by atoms with van der Waals surface area (Å²) < 4.78 is 5.47. The van der Waals surface area contributed by atoms with Gasteiger partial charge in [-0.1, -0.05) is 38.5 Å². The molecule has 0 aromatic heterocycles. The molecule has 0 spiro atoms. The van der Waals surface area contributed by atoms with E-state index >= 15 is 0 Å². The van der Waals surface area contributed by atoms with Gasteiger partial charge in [-0.15, -0.1) is 0 Å². The number of carbonyl (C=O) groups is 1. The molecule has 0 unspecified atom stereocenters. The van der Waals surface area contributed by atoms with E-state index in [9.17, 15) is 9.90 Å². The molecule has 1 heterocycles. The van der Waals surface area contributed by atoms with Crippen molar-refractivity contribution in [2.45, 2.75) is 69.8 Å². The van der Waals surface area contributed by atoms with Crippen LogP contribution < -0.4 is 5.32 Å². The Morgan fingerprint density at radius 2 is 1.54 bits per heavy atom. The van der Waals surface area contributed by atoms with Crippen LogP contribution in [-0.2, 0) is 9.53 Å². The zero-order valence-corrected chi connectivity index (χ0v) is 15.0. The summed E-state index contributed by atoms with van der Waals surface area (Å²) in [4.78, 5) is 15.1. The van der Waals surface area contributed by atoms with Gasteiger partial charge in [0.2, 0.25) is 0 Å². The van der Waals surface area contributed by atoms with Crippen molar-refractivity contribution in [2.75, 3.05) is 39.4 Å². The highest BCUT2D eigenvalue weighted by Gasteiger charge is 2.40. The number of carbonyl (C=O) groups excluding carboxylic acids is 1. The molecular formula is C19H34N2O3. The standard InChI is InChI=1S/C19H34N2O3/c22-17(19(23)9-5-2-6-10-19)20-15-18(7-3-1-4-8-18)16-21-11-13-24-14-12-21/h23H,1-16H2,(H,20,22). The fraction of sp³-hybridized carbons (Fsp3) is 0.947. The number of hydrogen-bond donors (Lipinski definition) is 2. The maximum Gasteiger partial charge on any atom is 0.251 e. The number of hydrogen-bond acceptors (Lipinski definition) is 4. The van der Waals surface area contributed by atoms with Crippen molar-refractivity contribution >= 4 is 5.91 Å². The Balaban J connectivity index is 1.58.